The van der Waals surface area contributed by atoms with Gasteiger partial charge in [0, 0.05) is 34.9 Å². The van der Waals surface area contributed by atoms with E-state index in [1.165, 1.54) is 36.3 Å². The standard InChI is InChI=1S/C26H34O4S.C16H16O2S.C12H10S/c1-13(2)25(27)29-21-18(8)19(9)24(20(10)22(21)30-26(28)14(3)4)31-23-16(6)12-11-15(5)17(23)7;1-12(2)16(17)18-13-8-10-15(11-9-13)19-14-6-4-3-5-7-14;1-3-7-11(8-4-1)13-12-9-5-2-6-10-12/h11-14H,1-10H3;3-12H,1-2H3;1-10H. The van der Waals surface area contributed by atoms with Crippen LogP contribution in [0.25, 0.3) is 0 Å². The predicted molar refractivity (Wildman–Crippen MR) is 261 cm³/mol. The van der Waals surface area contributed by atoms with Gasteiger partial charge < -0.3 is 14.2 Å². The highest BCUT2D eigenvalue weighted by atomic mass is 32.2. The van der Waals surface area contributed by atoms with Crippen LogP contribution in [-0.2, 0) is 14.4 Å². The third-order valence-electron chi connectivity index (χ3n) is 9.77. The molecule has 0 heterocycles. The fraction of sp³-hybridized carbons (Fsp3) is 0.278. The Morgan fingerprint density at radius 2 is 0.730 bits per heavy atom. The molecule has 0 bridgehead atoms. The largest absolute Gasteiger partial charge is 0.426 e. The molecule has 0 N–H and O–H groups in total. The Morgan fingerprint density at radius 1 is 0.365 bits per heavy atom. The minimum atomic E-state index is -0.355. The Hall–Kier alpha value is -5.22. The number of carbonyl (C=O) groups excluding carboxylic acids is 3. The number of ether oxygens (including phenoxy) is 3. The second kappa shape index (κ2) is 24.6. The molecule has 0 aliphatic carbocycles. The molecule has 63 heavy (non-hydrogen) atoms. The average Bonchev–Trinajstić information content (AvgIpc) is 3.27. The maximum Gasteiger partial charge on any atom is 0.313 e. The molecule has 0 fully saturated rings. The maximum atomic E-state index is 12.5. The summed E-state index contributed by atoms with van der Waals surface area (Å²) in [5.74, 6) is -0.349. The molecule has 0 spiro atoms. The van der Waals surface area contributed by atoms with Crippen molar-refractivity contribution in [1.82, 2.24) is 0 Å². The van der Waals surface area contributed by atoms with E-state index in [0.29, 0.717) is 17.2 Å². The van der Waals surface area contributed by atoms with Crippen LogP contribution in [0.3, 0.4) is 0 Å². The molecule has 9 heteroatoms. The summed E-state index contributed by atoms with van der Waals surface area (Å²) in [4.78, 5) is 43.4. The van der Waals surface area contributed by atoms with Gasteiger partial charge in [0.25, 0.3) is 0 Å². The molecule has 0 saturated carbocycles. The van der Waals surface area contributed by atoms with Crippen LogP contribution < -0.4 is 14.2 Å². The van der Waals surface area contributed by atoms with E-state index in [9.17, 15) is 14.4 Å². The van der Waals surface area contributed by atoms with Gasteiger partial charge in [-0.1, -0.05) is 144 Å². The van der Waals surface area contributed by atoms with Gasteiger partial charge in [0.1, 0.15) is 5.75 Å². The molecule has 0 aliphatic rings. The molecule has 0 amide bonds. The van der Waals surface area contributed by atoms with E-state index in [-0.39, 0.29) is 35.7 Å². The van der Waals surface area contributed by atoms with E-state index >= 15 is 0 Å². The lowest BCUT2D eigenvalue weighted by atomic mass is 10.0. The minimum absolute atomic E-state index is 0.113. The van der Waals surface area contributed by atoms with Crippen LogP contribution in [0.4, 0.5) is 0 Å². The Morgan fingerprint density at radius 3 is 1.14 bits per heavy atom. The van der Waals surface area contributed by atoms with Crippen LogP contribution in [0, 0.1) is 59.3 Å². The third-order valence-corrected chi connectivity index (χ3v) is 13.5. The van der Waals surface area contributed by atoms with Crippen molar-refractivity contribution in [1.29, 1.82) is 0 Å². The molecule has 6 aromatic carbocycles. The zero-order chi connectivity index (χ0) is 46.2. The van der Waals surface area contributed by atoms with E-state index in [1.54, 1.807) is 63.0 Å². The van der Waals surface area contributed by atoms with Gasteiger partial charge in [0.2, 0.25) is 0 Å². The summed E-state index contributed by atoms with van der Waals surface area (Å²) in [7, 11) is 0. The van der Waals surface area contributed by atoms with Gasteiger partial charge in [-0.2, -0.15) is 0 Å². The van der Waals surface area contributed by atoms with Gasteiger partial charge >= 0.3 is 17.9 Å². The molecule has 6 aromatic rings. The van der Waals surface area contributed by atoms with Crippen molar-refractivity contribution in [2.45, 2.75) is 112 Å². The molecular weight excluding hydrogens is 841 g/mol. The summed E-state index contributed by atoms with van der Waals surface area (Å²) in [6, 6.07) is 42.8. The highest BCUT2D eigenvalue weighted by Gasteiger charge is 2.26. The number of rotatable bonds is 12. The fourth-order valence-electron chi connectivity index (χ4n) is 5.63. The lowest BCUT2D eigenvalue weighted by Crippen LogP contribution is -2.20. The van der Waals surface area contributed by atoms with Crippen LogP contribution in [-0.4, -0.2) is 17.9 Å². The number of benzene rings is 6. The van der Waals surface area contributed by atoms with Gasteiger partial charge in [0.15, 0.2) is 11.5 Å². The fourth-order valence-corrected chi connectivity index (χ4v) is 8.63. The molecule has 0 radical (unpaired) electrons. The van der Waals surface area contributed by atoms with Crippen LogP contribution in [0.1, 0.15) is 74.9 Å². The zero-order valence-electron chi connectivity index (χ0n) is 38.5. The minimum Gasteiger partial charge on any atom is -0.426 e. The van der Waals surface area contributed by atoms with Crippen LogP contribution in [0.2, 0.25) is 0 Å². The lowest BCUT2D eigenvalue weighted by Gasteiger charge is -2.23. The first-order valence-electron chi connectivity index (χ1n) is 21.1. The second-order valence-corrected chi connectivity index (χ2v) is 19.3. The zero-order valence-corrected chi connectivity index (χ0v) is 41.0. The van der Waals surface area contributed by atoms with E-state index in [2.05, 4.69) is 93.6 Å². The molecule has 0 aromatic heterocycles. The molecule has 0 aliphatic heterocycles. The highest BCUT2D eigenvalue weighted by molar-refractivity contribution is 8.00. The van der Waals surface area contributed by atoms with Gasteiger partial charge in [-0.15, -0.1) is 0 Å². The molecule has 330 valence electrons. The number of esters is 3. The van der Waals surface area contributed by atoms with Crippen molar-refractivity contribution in [3.63, 3.8) is 0 Å². The van der Waals surface area contributed by atoms with Crippen molar-refractivity contribution in [3.8, 4) is 17.2 Å². The number of carbonyl (C=O) groups is 3. The Labute approximate surface area is 387 Å². The molecular formula is C54H60O6S3. The topological polar surface area (TPSA) is 78.9 Å². The SMILES string of the molecule is CC(C)C(=O)Oc1ccc(Sc2ccccc2)cc1.Cc1ccc(C)c(Sc2c(C)c(C)c(OC(=O)C(C)C)c(OC(=O)C(C)C)c2C)c1C.c1ccc(Sc2ccccc2)cc1. The summed E-state index contributed by atoms with van der Waals surface area (Å²) in [6.45, 7) is 23.0. The van der Waals surface area contributed by atoms with Crippen molar-refractivity contribution in [2.24, 2.45) is 17.8 Å². The number of aryl methyl sites for hydroxylation is 2. The van der Waals surface area contributed by atoms with Crippen molar-refractivity contribution in [3.05, 3.63) is 161 Å². The van der Waals surface area contributed by atoms with Gasteiger partial charge in [0.05, 0.1) is 17.8 Å². The van der Waals surface area contributed by atoms with E-state index in [4.69, 9.17) is 14.2 Å². The summed E-state index contributed by atoms with van der Waals surface area (Å²) >= 11 is 5.14. The molecule has 0 saturated heterocycles. The summed E-state index contributed by atoms with van der Waals surface area (Å²) in [6.07, 6.45) is 0. The molecule has 6 nitrogen and oxygen atoms in total. The first-order chi connectivity index (χ1) is 30.0. The van der Waals surface area contributed by atoms with Crippen LogP contribution in [0.5, 0.6) is 17.2 Å². The maximum absolute atomic E-state index is 12.5. The number of hydrogen-bond donors (Lipinski definition) is 0. The van der Waals surface area contributed by atoms with Crippen molar-refractivity contribution in [2.75, 3.05) is 0 Å². The van der Waals surface area contributed by atoms with E-state index < -0.39 is 0 Å². The molecule has 6 rings (SSSR count). The lowest BCUT2D eigenvalue weighted by molar-refractivity contribution is -0.140. The number of hydrogen-bond acceptors (Lipinski definition) is 9. The summed E-state index contributed by atoms with van der Waals surface area (Å²) < 4.78 is 16.7. The highest BCUT2D eigenvalue weighted by Crippen LogP contribution is 2.47. The van der Waals surface area contributed by atoms with Crippen molar-refractivity contribution < 1.29 is 28.6 Å². The summed E-state index contributed by atoms with van der Waals surface area (Å²) in [5.41, 5.74) is 6.27. The summed E-state index contributed by atoms with van der Waals surface area (Å²) in [5, 5.41) is 0. The van der Waals surface area contributed by atoms with Crippen molar-refractivity contribution >= 4 is 53.2 Å². The predicted octanol–water partition coefficient (Wildman–Crippen LogP) is 15.0. The third kappa shape index (κ3) is 15.2. The van der Waals surface area contributed by atoms with Crippen LogP contribution in [0.15, 0.2) is 157 Å². The van der Waals surface area contributed by atoms with E-state index in [1.807, 2.05) is 89.2 Å². The average molecular weight is 901 g/mol. The molecule has 0 unspecified atom stereocenters. The Balaban J connectivity index is 0.000000229. The second-order valence-electron chi connectivity index (χ2n) is 16.0. The Kier molecular flexibility index (Phi) is 19.7. The smallest absolute Gasteiger partial charge is 0.313 e. The first kappa shape index (κ1) is 50.4. The van der Waals surface area contributed by atoms with Gasteiger partial charge in [-0.05, 0) is 130 Å². The monoisotopic (exact) mass is 900 g/mol. The first-order valence-corrected chi connectivity index (χ1v) is 23.6. The van der Waals surface area contributed by atoms with E-state index in [0.717, 1.165) is 26.5 Å². The normalized spacial score (nSPS) is 10.7. The quantitative estimate of drug-likeness (QED) is 0.0881. The van der Waals surface area contributed by atoms with Crippen LogP contribution >= 0.6 is 35.3 Å². The Bertz CT molecular complexity index is 2390. The van der Waals surface area contributed by atoms with Gasteiger partial charge in [-0.3, -0.25) is 14.4 Å². The molecule has 0 atom stereocenters. The van der Waals surface area contributed by atoms with Gasteiger partial charge in [-0.25, -0.2) is 0 Å².